The van der Waals surface area contributed by atoms with Crippen LogP contribution in [0.25, 0.3) is 11.4 Å². The van der Waals surface area contributed by atoms with Gasteiger partial charge in [0.1, 0.15) is 5.82 Å². The molecule has 0 aliphatic rings. The molecule has 0 atom stereocenters. The highest BCUT2D eigenvalue weighted by Crippen LogP contribution is 2.17. The Bertz CT molecular complexity index is 837. The Morgan fingerprint density at radius 3 is 2.48 bits per heavy atom. The minimum Gasteiger partial charge on any atom is -0.345 e. The minimum atomic E-state index is -0.225. The van der Waals surface area contributed by atoms with Crippen LogP contribution in [0.15, 0.2) is 60.9 Å². The number of Topliss-reactive ketones (excluding diaryl/α,β-unsaturated/α-hetero) is 1. The van der Waals surface area contributed by atoms with Crippen LogP contribution in [-0.4, -0.2) is 21.7 Å². The second-order valence-corrected chi connectivity index (χ2v) is 5.11. The van der Waals surface area contributed by atoms with Gasteiger partial charge in [-0.1, -0.05) is 24.3 Å². The number of nitrogens with one attached hydrogen (secondary N) is 2. The number of carbonyl (C=O) groups is 2. The molecule has 0 unspecified atom stereocenters. The lowest BCUT2D eigenvalue weighted by Crippen LogP contribution is -2.12. The van der Waals surface area contributed by atoms with E-state index in [1.54, 1.807) is 48.8 Å². The Morgan fingerprint density at radius 2 is 1.83 bits per heavy atom. The number of hydrogen-bond donors (Lipinski definition) is 2. The molecule has 114 valence electrons. The number of rotatable bonds is 4. The fraction of sp³-hybridized carbons (Fsp3) is 0.0556. The normalized spacial score (nSPS) is 10.3. The van der Waals surface area contributed by atoms with E-state index >= 15 is 0 Å². The third-order valence-corrected chi connectivity index (χ3v) is 3.45. The molecule has 5 nitrogen and oxygen atoms in total. The van der Waals surface area contributed by atoms with Gasteiger partial charge in [-0.05, 0) is 31.2 Å². The van der Waals surface area contributed by atoms with Crippen molar-refractivity contribution in [1.82, 2.24) is 9.97 Å². The number of aromatic amines is 1. The summed E-state index contributed by atoms with van der Waals surface area (Å²) in [6.07, 6.45) is 3.43. The Kier molecular flexibility index (Phi) is 4.01. The van der Waals surface area contributed by atoms with Crippen molar-refractivity contribution in [2.24, 2.45) is 0 Å². The van der Waals surface area contributed by atoms with Crippen LogP contribution in [0.2, 0.25) is 0 Å². The summed E-state index contributed by atoms with van der Waals surface area (Å²) in [5, 5.41) is 2.79. The number of ketones is 1. The molecule has 5 heteroatoms. The van der Waals surface area contributed by atoms with E-state index in [1.807, 2.05) is 12.1 Å². The van der Waals surface area contributed by atoms with Gasteiger partial charge < -0.3 is 10.3 Å². The number of hydrogen-bond acceptors (Lipinski definition) is 3. The van der Waals surface area contributed by atoms with Gasteiger partial charge in [-0.3, -0.25) is 9.59 Å². The predicted molar refractivity (Wildman–Crippen MR) is 88.4 cm³/mol. The van der Waals surface area contributed by atoms with Gasteiger partial charge in [0.05, 0.1) is 0 Å². The number of anilines is 1. The van der Waals surface area contributed by atoms with Crippen molar-refractivity contribution >= 4 is 17.4 Å². The van der Waals surface area contributed by atoms with E-state index in [0.29, 0.717) is 16.8 Å². The number of benzene rings is 2. The summed E-state index contributed by atoms with van der Waals surface area (Å²) < 4.78 is 0. The van der Waals surface area contributed by atoms with Crippen molar-refractivity contribution in [2.45, 2.75) is 6.92 Å². The van der Waals surface area contributed by atoms with E-state index in [1.165, 1.54) is 6.92 Å². The Morgan fingerprint density at radius 1 is 1.04 bits per heavy atom. The highest BCUT2D eigenvalue weighted by Gasteiger charge is 2.08. The summed E-state index contributed by atoms with van der Waals surface area (Å²) >= 11 is 0. The standard InChI is InChI=1S/C18H15N3O2/c1-12(22)15-3-2-4-16(11-15)21-18(23)14-7-5-13(6-8-14)17-19-9-10-20-17/h2-11H,1H3,(H,19,20)(H,21,23). The summed E-state index contributed by atoms with van der Waals surface area (Å²) in [7, 11) is 0. The summed E-state index contributed by atoms with van der Waals surface area (Å²) in [5.74, 6) is 0.492. The fourth-order valence-electron chi connectivity index (χ4n) is 2.22. The van der Waals surface area contributed by atoms with Crippen molar-refractivity contribution in [3.05, 3.63) is 72.1 Å². The average Bonchev–Trinajstić information content (AvgIpc) is 3.09. The van der Waals surface area contributed by atoms with Crippen molar-refractivity contribution < 1.29 is 9.59 Å². The monoisotopic (exact) mass is 305 g/mol. The molecule has 0 spiro atoms. The molecule has 0 saturated heterocycles. The van der Waals surface area contributed by atoms with E-state index in [9.17, 15) is 9.59 Å². The third kappa shape index (κ3) is 3.35. The molecule has 1 aromatic heterocycles. The molecule has 0 radical (unpaired) electrons. The van der Waals surface area contributed by atoms with Gasteiger partial charge in [0, 0.05) is 34.8 Å². The van der Waals surface area contributed by atoms with Gasteiger partial charge in [-0.25, -0.2) is 4.98 Å². The first-order valence-electron chi connectivity index (χ1n) is 7.15. The minimum absolute atomic E-state index is 0.0381. The zero-order valence-electron chi connectivity index (χ0n) is 12.5. The van der Waals surface area contributed by atoms with Crippen molar-refractivity contribution in [2.75, 3.05) is 5.32 Å². The van der Waals surface area contributed by atoms with Gasteiger partial charge in [0.25, 0.3) is 5.91 Å². The molecule has 23 heavy (non-hydrogen) atoms. The first kappa shape index (κ1) is 14.7. The Labute approximate surface area is 133 Å². The molecule has 0 fully saturated rings. The van der Waals surface area contributed by atoms with Crippen LogP contribution in [0.1, 0.15) is 27.6 Å². The van der Waals surface area contributed by atoms with E-state index < -0.39 is 0 Å². The summed E-state index contributed by atoms with van der Waals surface area (Å²) in [6, 6.07) is 14.0. The van der Waals surface area contributed by atoms with E-state index in [0.717, 1.165) is 11.4 Å². The van der Waals surface area contributed by atoms with E-state index in [2.05, 4.69) is 15.3 Å². The van der Waals surface area contributed by atoms with Gasteiger partial charge in [0.2, 0.25) is 0 Å². The van der Waals surface area contributed by atoms with E-state index in [4.69, 9.17) is 0 Å². The van der Waals surface area contributed by atoms with Crippen molar-refractivity contribution in [3.63, 3.8) is 0 Å². The molecule has 1 amide bonds. The van der Waals surface area contributed by atoms with Gasteiger partial charge in [0.15, 0.2) is 5.78 Å². The van der Waals surface area contributed by atoms with E-state index in [-0.39, 0.29) is 11.7 Å². The van der Waals surface area contributed by atoms with Gasteiger partial charge in [-0.2, -0.15) is 0 Å². The fourth-order valence-corrected chi connectivity index (χ4v) is 2.22. The molecule has 2 aromatic carbocycles. The zero-order valence-corrected chi connectivity index (χ0v) is 12.5. The Balaban J connectivity index is 1.76. The van der Waals surface area contributed by atoms with Crippen LogP contribution in [-0.2, 0) is 0 Å². The third-order valence-electron chi connectivity index (χ3n) is 3.45. The molecule has 0 aliphatic carbocycles. The average molecular weight is 305 g/mol. The van der Waals surface area contributed by atoms with Gasteiger partial charge >= 0.3 is 0 Å². The SMILES string of the molecule is CC(=O)c1cccc(NC(=O)c2ccc(-c3ncc[nH]3)cc2)c1. The Hall–Kier alpha value is -3.21. The largest absolute Gasteiger partial charge is 0.345 e. The highest BCUT2D eigenvalue weighted by atomic mass is 16.1. The molecular weight excluding hydrogens is 290 g/mol. The van der Waals surface area contributed by atoms with Crippen LogP contribution >= 0.6 is 0 Å². The van der Waals surface area contributed by atoms with Gasteiger partial charge in [-0.15, -0.1) is 0 Å². The molecule has 0 bridgehead atoms. The maximum atomic E-state index is 12.3. The number of amides is 1. The lowest BCUT2D eigenvalue weighted by atomic mass is 10.1. The van der Waals surface area contributed by atoms with Crippen LogP contribution < -0.4 is 5.32 Å². The topological polar surface area (TPSA) is 74.8 Å². The summed E-state index contributed by atoms with van der Waals surface area (Å²) in [6.45, 7) is 1.49. The number of nitrogens with zero attached hydrogens (tertiary/aromatic N) is 1. The van der Waals surface area contributed by atoms with Crippen molar-refractivity contribution in [1.29, 1.82) is 0 Å². The first-order chi connectivity index (χ1) is 11.1. The molecule has 0 saturated carbocycles. The quantitative estimate of drug-likeness (QED) is 0.724. The maximum Gasteiger partial charge on any atom is 0.255 e. The maximum absolute atomic E-state index is 12.3. The lowest BCUT2D eigenvalue weighted by Gasteiger charge is -2.07. The van der Waals surface area contributed by atoms with Crippen LogP contribution in [0, 0.1) is 0 Å². The molecule has 0 aliphatic heterocycles. The molecule has 2 N–H and O–H groups in total. The number of aromatic nitrogens is 2. The van der Waals surface area contributed by atoms with Crippen molar-refractivity contribution in [3.8, 4) is 11.4 Å². The van der Waals surface area contributed by atoms with Crippen LogP contribution in [0.5, 0.6) is 0 Å². The summed E-state index contributed by atoms with van der Waals surface area (Å²) in [5.41, 5.74) is 2.60. The predicted octanol–water partition coefficient (Wildman–Crippen LogP) is 3.53. The number of H-pyrrole nitrogens is 1. The summed E-state index contributed by atoms with van der Waals surface area (Å²) in [4.78, 5) is 30.8. The number of carbonyl (C=O) groups excluding carboxylic acids is 2. The van der Waals surface area contributed by atoms with Crippen LogP contribution in [0.4, 0.5) is 5.69 Å². The number of imidazole rings is 1. The second kappa shape index (κ2) is 6.27. The second-order valence-electron chi connectivity index (χ2n) is 5.11. The van der Waals surface area contributed by atoms with Crippen LogP contribution in [0.3, 0.4) is 0 Å². The molecular formula is C18H15N3O2. The smallest absolute Gasteiger partial charge is 0.255 e. The zero-order chi connectivity index (χ0) is 16.2. The highest BCUT2D eigenvalue weighted by molar-refractivity contribution is 6.05. The molecule has 1 heterocycles. The molecule has 3 aromatic rings. The molecule has 3 rings (SSSR count). The first-order valence-corrected chi connectivity index (χ1v) is 7.15. The lowest BCUT2D eigenvalue weighted by molar-refractivity contribution is 0.101.